The molecule has 0 saturated carbocycles. The van der Waals surface area contributed by atoms with Crippen molar-refractivity contribution in [2.45, 2.75) is 38.4 Å². The summed E-state index contributed by atoms with van der Waals surface area (Å²) in [6.07, 6.45) is -0.0547. The zero-order chi connectivity index (χ0) is 18.3. The summed E-state index contributed by atoms with van der Waals surface area (Å²) in [6, 6.07) is 5.94. The lowest BCUT2D eigenvalue weighted by atomic mass is 9.84. The predicted octanol–water partition coefficient (Wildman–Crippen LogP) is 2.56. The number of fused-ring (bicyclic) bond motifs is 1. The van der Waals surface area contributed by atoms with Crippen molar-refractivity contribution in [1.82, 2.24) is 15.1 Å². The molecule has 140 valence electrons. The summed E-state index contributed by atoms with van der Waals surface area (Å²) in [4.78, 5) is 2.22. The molecule has 1 aromatic heterocycles. The lowest BCUT2D eigenvalue weighted by Gasteiger charge is -2.32. The van der Waals surface area contributed by atoms with Crippen LogP contribution in [-0.2, 0) is 10.2 Å². The first-order valence-electron chi connectivity index (χ1n) is 9.01. The molecule has 0 spiro atoms. The summed E-state index contributed by atoms with van der Waals surface area (Å²) in [7, 11) is 2.07. The molecule has 1 aromatic carbocycles. The van der Waals surface area contributed by atoms with Crippen LogP contribution in [0.2, 0.25) is 0 Å². The van der Waals surface area contributed by atoms with E-state index in [0.29, 0.717) is 25.0 Å². The summed E-state index contributed by atoms with van der Waals surface area (Å²) in [6.45, 7) is 8.97. The minimum Gasteiger partial charge on any atom is -0.486 e. The minimum atomic E-state index is -0.451. The predicted molar refractivity (Wildman–Crippen MR) is 94.6 cm³/mol. The topological polar surface area (TPSA) is 69.9 Å². The molecule has 2 atom stereocenters. The lowest BCUT2D eigenvalue weighted by Crippen LogP contribution is -2.40. The highest BCUT2D eigenvalue weighted by atomic mass is 16.6. The molecule has 0 aliphatic carbocycles. The highest BCUT2D eigenvalue weighted by Crippen LogP contribution is 2.38. The van der Waals surface area contributed by atoms with Gasteiger partial charge in [0.1, 0.15) is 19.3 Å². The molecule has 4 rings (SSSR count). The van der Waals surface area contributed by atoms with E-state index in [2.05, 4.69) is 42.9 Å². The molecule has 7 heteroatoms. The van der Waals surface area contributed by atoms with E-state index < -0.39 is 5.41 Å². The van der Waals surface area contributed by atoms with E-state index in [9.17, 15) is 0 Å². The molecule has 2 aliphatic heterocycles. The Balaban J connectivity index is 1.59. The Kier molecular flexibility index (Phi) is 4.36. The van der Waals surface area contributed by atoms with Crippen LogP contribution >= 0.6 is 0 Å². The molecule has 26 heavy (non-hydrogen) atoms. The Morgan fingerprint density at radius 2 is 1.85 bits per heavy atom. The Hall–Kier alpha value is -2.12. The van der Waals surface area contributed by atoms with E-state index in [1.54, 1.807) is 0 Å². The summed E-state index contributed by atoms with van der Waals surface area (Å²) in [5.41, 5.74) is 0.583. The van der Waals surface area contributed by atoms with Crippen LogP contribution in [0, 0.1) is 0 Å². The SMILES string of the molecule is C[C@@H]1CN(C)C[C@H](c2nnc(C(C)(C)c3ccc4c(c3)OCCO4)o2)O1. The van der Waals surface area contributed by atoms with Crippen LogP contribution in [0.1, 0.15) is 44.2 Å². The number of aromatic nitrogens is 2. The number of ether oxygens (including phenoxy) is 3. The van der Waals surface area contributed by atoms with Crippen LogP contribution in [-0.4, -0.2) is 54.6 Å². The largest absolute Gasteiger partial charge is 0.486 e. The highest BCUT2D eigenvalue weighted by Gasteiger charge is 2.34. The summed E-state index contributed by atoms with van der Waals surface area (Å²) in [5.74, 6) is 2.62. The number of benzene rings is 1. The van der Waals surface area contributed by atoms with E-state index >= 15 is 0 Å². The second-order valence-electron chi connectivity index (χ2n) is 7.59. The van der Waals surface area contributed by atoms with Crippen LogP contribution < -0.4 is 9.47 Å². The van der Waals surface area contributed by atoms with Gasteiger partial charge in [0.2, 0.25) is 11.8 Å². The van der Waals surface area contributed by atoms with Crippen molar-refractivity contribution in [3.05, 3.63) is 35.5 Å². The van der Waals surface area contributed by atoms with Crippen molar-refractivity contribution < 1.29 is 18.6 Å². The van der Waals surface area contributed by atoms with Crippen molar-refractivity contribution in [1.29, 1.82) is 0 Å². The van der Waals surface area contributed by atoms with E-state index in [1.165, 1.54) is 0 Å². The Morgan fingerprint density at radius 1 is 1.08 bits per heavy atom. The van der Waals surface area contributed by atoms with Gasteiger partial charge in [-0.25, -0.2) is 0 Å². The zero-order valence-corrected chi connectivity index (χ0v) is 15.7. The number of likely N-dealkylation sites (N-methyl/N-ethyl adjacent to an activating group) is 1. The molecule has 1 saturated heterocycles. The molecule has 2 aliphatic rings. The first-order valence-corrected chi connectivity index (χ1v) is 9.01. The molecule has 3 heterocycles. The molecule has 2 aromatic rings. The van der Waals surface area contributed by atoms with E-state index in [0.717, 1.165) is 30.2 Å². The smallest absolute Gasteiger partial charge is 0.246 e. The van der Waals surface area contributed by atoms with Crippen LogP contribution in [0.25, 0.3) is 0 Å². The molecular weight excluding hydrogens is 334 g/mol. The number of hydrogen-bond donors (Lipinski definition) is 0. The molecular formula is C19H25N3O4. The Morgan fingerprint density at radius 3 is 2.62 bits per heavy atom. The minimum absolute atomic E-state index is 0.139. The maximum Gasteiger partial charge on any atom is 0.246 e. The fourth-order valence-corrected chi connectivity index (χ4v) is 3.47. The van der Waals surface area contributed by atoms with Gasteiger partial charge >= 0.3 is 0 Å². The molecule has 0 N–H and O–H groups in total. The van der Waals surface area contributed by atoms with Crippen molar-refractivity contribution in [3.8, 4) is 11.5 Å². The summed E-state index contributed by atoms with van der Waals surface area (Å²) < 4.78 is 23.3. The van der Waals surface area contributed by atoms with Gasteiger partial charge in [0.05, 0.1) is 11.5 Å². The Bertz CT molecular complexity index is 779. The molecule has 1 fully saturated rings. The number of hydrogen-bond acceptors (Lipinski definition) is 7. The standard InChI is InChI=1S/C19H25N3O4/c1-12-10-22(4)11-16(25-12)17-20-21-18(26-17)19(2,3)13-5-6-14-15(9-13)24-8-7-23-14/h5-6,9,12,16H,7-8,10-11H2,1-4H3/t12-,16-/m1/s1. The average Bonchev–Trinajstić information content (AvgIpc) is 3.11. The normalized spacial score (nSPS) is 23.8. The molecule has 7 nitrogen and oxygen atoms in total. The Labute approximate surface area is 153 Å². The molecule has 0 amide bonds. The third-order valence-electron chi connectivity index (χ3n) is 4.96. The molecule has 0 radical (unpaired) electrons. The van der Waals surface area contributed by atoms with Crippen molar-refractivity contribution in [2.75, 3.05) is 33.4 Å². The van der Waals surface area contributed by atoms with Crippen LogP contribution in [0.5, 0.6) is 11.5 Å². The quantitative estimate of drug-likeness (QED) is 0.834. The molecule has 0 bridgehead atoms. The zero-order valence-electron chi connectivity index (χ0n) is 15.7. The van der Waals surface area contributed by atoms with Gasteiger partial charge < -0.3 is 23.5 Å². The van der Waals surface area contributed by atoms with Crippen LogP contribution in [0.3, 0.4) is 0 Å². The maximum absolute atomic E-state index is 6.04. The van der Waals surface area contributed by atoms with Crippen molar-refractivity contribution in [3.63, 3.8) is 0 Å². The second kappa shape index (κ2) is 6.55. The van der Waals surface area contributed by atoms with Gasteiger partial charge in [-0.3, -0.25) is 0 Å². The maximum atomic E-state index is 6.04. The van der Waals surface area contributed by atoms with Gasteiger partial charge in [-0.15, -0.1) is 10.2 Å². The third-order valence-corrected chi connectivity index (χ3v) is 4.96. The van der Waals surface area contributed by atoms with Crippen LogP contribution in [0.15, 0.2) is 22.6 Å². The van der Waals surface area contributed by atoms with Gasteiger partial charge in [-0.1, -0.05) is 6.07 Å². The van der Waals surface area contributed by atoms with Gasteiger partial charge in [0.25, 0.3) is 0 Å². The highest BCUT2D eigenvalue weighted by molar-refractivity contribution is 5.47. The number of morpholine rings is 1. The third kappa shape index (κ3) is 3.17. The van der Waals surface area contributed by atoms with E-state index in [1.807, 2.05) is 18.2 Å². The molecule has 0 unspecified atom stereocenters. The lowest BCUT2D eigenvalue weighted by molar-refractivity contribution is -0.0827. The van der Waals surface area contributed by atoms with Gasteiger partial charge in [0.15, 0.2) is 11.5 Å². The number of nitrogens with zero attached hydrogens (tertiary/aromatic N) is 3. The van der Waals surface area contributed by atoms with Gasteiger partial charge in [0, 0.05) is 13.1 Å². The fourth-order valence-electron chi connectivity index (χ4n) is 3.47. The first kappa shape index (κ1) is 17.3. The van der Waals surface area contributed by atoms with Crippen molar-refractivity contribution in [2.24, 2.45) is 0 Å². The van der Waals surface area contributed by atoms with Gasteiger partial charge in [-0.05, 0) is 45.5 Å². The first-order chi connectivity index (χ1) is 12.4. The van der Waals surface area contributed by atoms with Crippen LogP contribution in [0.4, 0.5) is 0 Å². The average molecular weight is 359 g/mol. The van der Waals surface area contributed by atoms with Gasteiger partial charge in [-0.2, -0.15) is 0 Å². The second-order valence-corrected chi connectivity index (χ2v) is 7.59. The van der Waals surface area contributed by atoms with E-state index in [4.69, 9.17) is 18.6 Å². The fraction of sp³-hybridized carbons (Fsp3) is 0.579. The van der Waals surface area contributed by atoms with Crippen molar-refractivity contribution >= 4 is 0 Å². The summed E-state index contributed by atoms with van der Waals surface area (Å²) in [5, 5.41) is 8.58. The number of rotatable bonds is 3. The summed E-state index contributed by atoms with van der Waals surface area (Å²) >= 11 is 0. The van der Waals surface area contributed by atoms with E-state index in [-0.39, 0.29) is 12.2 Å². The monoisotopic (exact) mass is 359 g/mol.